The normalized spacial score (nSPS) is 16.8. The van der Waals surface area contributed by atoms with Gasteiger partial charge >= 0.3 is 0 Å². The molecule has 10 heteroatoms. The number of allylic oxidation sites excluding steroid dienone is 1. The zero-order chi connectivity index (χ0) is 21.0. The summed E-state index contributed by atoms with van der Waals surface area (Å²) in [5.74, 6) is 0.904. The minimum Gasteiger partial charge on any atom is -0.454 e. The van der Waals surface area contributed by atoms with Gasteiger partial charge in [-0.3, -0.25) is 5.10 Å². The molecule has 5 rings (SSSR count). The van der Waals surface area contributed by atoms with E-state index in [1.807, 2.05) is 12.1 Å². The lowest BCUT2D eigenvalue weighted by molar-refractivity contribution is 0.174. The lowest BCUT2D eigenvalue weighted by atomic mass is 9.83. The Morgan fingerprint density at radius 2 is 1.93 bits per heavy atom. The van der Waals surface area contributed by atoms with Crippen LogP contribution in [0.15, 0.2) is 46.3 Å². The van der Waals surface area contributed by atoms with E-state index in [0.29, 0.717) is 32.8 Å². The molecule has 3 aromatic rings. The topological polar surface area (TPSA) is 106 Å². The highest BCUT2D eigenvalue weighted by Crippen LogP contribution is 2.50. The Bertz CT molecular complexity index is 1280. The molecule has 0 bridgehead atoms. The van der Waals surface area contributed by atoms with Crippen LogP contribution >= 0.6 is 39.1 Å². The first-order chi connectivity index (χ1) is 14.5. The largest absolute Gasteiger partial charge is 0.454 e. The summed E-state index contributed by atoms with van der Waals surface area (Å²) >= 11 is 15.9. The van der Waals surface area contributed by atoms with E-state index in [4.69, 9.17) is 43.1 Å². The Balaban J connectivity index is 1.75. The van der Waals surface area contributed by atoms with Gasteiger partial charge in [-0.05, 0) is 29.8 Å². The third-order valence-electron chi connectivity index (χ3n) is 4.95. The second-order valence-electron chi connectivity index (χ2n) is 6.60. The second kappa shape index (κ2) is 7.13. The highest BCUT2D eigenvalue weighted by molar-refractivity contribution is 9.10. The fraction of sp³-hybridized carbons (Fsp3) is 0.100. The van der Waals surface area contributed by atoms with Crippen molar-refractivity contribution in [2.45, 2.75) is 5.92 Å². The van der Waals surface area contributed by atoms with Crippen molar-refractivity contribution < 1.29 is 14.2 Å². The van der Waals surface area contributed by atoms with Crippen molar-refractivity contribution in [2.75, 3.05) is 6.79 Å². The van der Waals surface area contributed by atoms with Crippen LogP contribution in [0.4, 0.5) is 0 Å². The minimum absolute atomic E-state index is 0.00763. The van der Waals surface area contributed by atoms with Gasteiger partial charge < -0.3 is 19.9 Å². The van der Waals surface area contributed by atoms with E-state index in [1.54, 1.807) is 18.2 Å². The van der Waals surface area contributed by atoms with E-state index in [-0.39, 0.29) is 24.1 Å². The number of H-pyrrole nitrogens is 1. The van der Waals surface area contributed by atoms with Crippen LogP contribution in [0, 0.1) is 11.3 Å². The number of hydrogen-bond acceptors (Lipinski definition) is 6. The van der Waals surface area contributed by atoms with E-state index in [9.17, 15) is 5.26 Å². The summed E-state index contributed by atoms with van der Waals surface area (Å²) in [4.78, 5) is 0. The molecule has 30 heavy (non-hydrogen) atoms. The summed E-state index contributed by atoms with van der Waals surface area (Å²) in [6.45, 7) is 0.133. The Morgan fingerprint density at radius 1 is 1.17 bits per heavy atom. The molecule has 7 nitrogen and oxygen atoms in total. The molecule has 1 unspecified atom stereocenters. The molecule has 0 radical (unpaired) electrons. The zero-order valence-corrected chi connectivity index (χ0v) is 18.1. The molecule has 0 spiro atoms. The molecule has 2 aliphatic rings. The van der Waals surface area contributed by atoms with Gasteiger partial charge in [0, 0.05) is 10.0 Å². The Kier molecular flexibility index (Phi) is 4.54. The van der Waals surface area contributed by atoms with E-state index in [2.05, 4.69) is 32.2 Å². The average molecular weight is 506 g/mol. The standard InChI is InChI=1S/C20H11BrCl2N4O3/c21-11-5-15-14(28-7-29-15)4-9(11)16-10(6-24)19(25)30-20-17(16)18(26-27-20)8-1-2-12(22)13(23)3-8/h1-5,16H,7,25H2,(H,26,27). The van der Waals surface area contributed by atoms with Crippen molar-refractivity contribution in [3.8, 4) is 34.7 Å². The van der Waals surface area contributed by atoms with Gasteiger partial charge in [-0.25, -0.2) is 0 Å². The van der Waals surface area contributed by atoms with E-state index < -0.39 is 5.92 Å². The number of aromatic nitrogens is 2. The number of nitriles is 1. The summed E-state index contributed by atoms with van der Waals surface area (Å²) in [6, 6.07) is 11.0. The molecule has 1 atom stereocenters. The molecule has 0 saturated heterocycles. The van der Waals surface area contributed by atoms with Crippen LogP contribution in [0.3, 0.4) is 0 Å². The molecule has 3 heterocycles. The average Bonchev–Trinajstić information content (AvgIpc) is 3.34. The SMILES string of the molecule is N#CC1=C(N)Oc2n[nH]c(-c3ccc(Cl)c(Cl)c3)c2C1c1cc2c(cc1Br)OCO2. The molecule has 150 valence electrons. The van der Waals surface area contributed by atoms with Gasteiger partial charge in [0.2, 0.25) is 18.6 Å². The summed E-state index contributed by atoms with van der Waals surface area (Å²) in [6.07, 6.45) is 0. The first kappa shape index (κ1) is 19.1. The Morgan fingerprint density at radius 3 is 2.67 bits per heavy atom. The van der Waals surface area contributed by atoms with Crippen LogP contribution in [0.5, 0.6) is 17.4 Å². The van der Waals surface area contributed by atoms with E-state index in [0.717, 1.165) is 15.6 Å². The molecule has 3 N–H and O–H groups in total. The summed E-state index contributed by atoms with van der Waals surface area (Å²) in [5.41, 5.74) is 9.09. The quantitative estimate of drug-likeness (QED) is 0.502. The zero-order valence-electron chi connectivity index (χ0n) is 15.0. The van der Waals surface area contributed by atoms with Crippen molar-refractivity contribution in [1.29, 1.82) is 5.26 Å². The third-order valence-corrected chi connectivity index (χ3v) is 6.38. The molecule has 0 aliphatic carbocycles. The molecule has 1 aromatic heterocycles. The number of nitrogens with one attached hydrogen (secondary N) is 1. The van der Waals surface area contributed by atoms with Gasteiger partial charge in [-0.2, -0.15) is 5.26 Å². The fourth-order valence-corrected chi connectivity index (χ4v) is 4.43. The molecular formula is C20H11BrCl2N4O3. The maximum absolute atomic E-state index is 9.87. The first-order valence-corrected chi connectivity index (χ1v) is 10.2. The van der Waals surface area contributed by atoms with Gasteiger partial charge in [0.05, 0.1) is 27.2 Å². The lowest BCUT2D eigenvalue weighted by Crippen LogP contribution is -2.21. The number of rotatable bonds is 2. The smallest absolute Gasteiger partial charge is 0.244 e. The molecule has 2 aromatic carbocycles. The van der Waals surface area contributed by atoms with Crippen LogP contribution in [0.1, 0.15) is 17.0 Å². The third kappa shape index (κ3) is 2.89. The van der Waals surface area contributed by atoms with Crippen molar-refractivity contribution in [2.24, 2.45) is 5.73 Å². The van der Waals surface area contributed by atoms with E-state index in [1.165, 1.54) is 0 Å². The first-order valence-electron chi connectivity index (χ1n) is 8.68. The van der Waals surface area contributed by atoms with Gasteiger partial charge in [0.15, 0.2) is 11.5 Å². The molecule has 0 saturated carbocycles. The van der Waals surface area contributed by atoms with Gasteiger partial charge in [-0.1, -0.05) is 45.2 Å². The number of nitrogens with two attached hydrogens (primary N) is 1. The van der Waals surface area contributed by atoms with Crippen molar-refractivity contribution in [3.63, 3.8) is 0 Å². The van der Waals surface area contributed by atoms with Crippen molar-refractivity contribution in [3.05, 3.63) is 67.4 Å². The number of ether oxygens (including phenoxy) is 3. The summed E-state index contributed by atoms with van der Waals surface area (Å²) in [5, 5.41) is 17.9. The van der Waals surface area contributed by atoms with Crippen LogP contribution < -0.4 is 19.9 Å². The van der Waals surface area contributed by atoms with Gasteiger partial charge in [-0.15, -0.1) is 5.10 Å². The molecular weight excluding hydrogens is 495 g/mol. The summed E-state index contributed by atoms with van der Waals surface area (Å²) in [7, 11) is 0. The predicted molar refractivity (Wildman–Crippen MR) is 114 cm³/mol. The maximum Gasteiger partial charge on any atom is 0.244 e. The van der Waals surface area contributed by atoms with Crippen LogP contribution in [-0.4, -0.2) is 17.0 Å². The summed E-state index contributed by atoms with van der Waals surface area (Å²) < 4.78 is 17.3. The second-order valence-corrected chi connectivity index (χ2v) is 8.27. The minimum atomic E-state index is -0.564. The van der Waals surface area contributed by atoms with Crippen LogP contribution in [-0.2, 0) is 0 Å². The van der Waals surface area contributed by atoms with Gasteiger partial charge in [0.25, 0.3) is 0 Å². The van der Waals surface area contributed by atoms with Crippen molar-refractivity contribution in [1.82, 2.24) is 10.2 Å². The molecule has 0 amide bonds. The number of hydrogen-bond donors (Lipinski definition) is 2. The highest BCUT2D eigenvalue weighted by atomic mass is 79.9. The molecule has 0 fully saturated rings. The number of nitrogens with zero attached hydrogens (tertiary/aromatic N) is 2. The number of halogens is 3. The van der Waals surface area contributed by atoms with Crippen LogP contribution in [0.25, 0.3) is 11.3 Å². The van der Waals surface area contributed by atoms with Crippen molar-refractivity contribution >= 4 is 39.1 Å². The lowest BCUT2D eigenvalue weighted by Gasteiger charge is -2.25. The monoisotopic (exact) mass is 504 g/mol. The number of aromatic amines is 1. The Hall–Kier alpha value is -2.86. The maximum atomic E-state index is 9.87. The van der Waals surface area contributed by atoms with Crippen LogP contribution in [0.2, 0.25) is 10.0 Å². The Labute approximate surface area is 189 Å². The van der Waals surface area contributed by atoms with Gasteiger partial charge in [0.1, 0.15) is 11.6 Å². The molecule has 2 aliphatic heterocycles. The predicted octanol–water partition coefficient (Wildman–Crippen LogP) is 5.09. The fourth-order valence-electron chi connectivity index (χ4n) is 3.58. The number of fused-ring (bicyclic) bond motifs is 2. The highest BCUT2D eigenvalue weighted by Gasteiger charge is 2.37. The number of benzene rings is 2. The van der Waals surface area contributed by atoms with E-state index >= 15 is 0 Å².